The van der Waals surface area contributed by atoms with E-state index in [2.05, 4.69) is 5.10 Å². The van der Waals surface area contributed by atoms with E-state index < -0.39 is 35.4 Å². The number of aliphatic hydroxyl groups is 2. The monoisotopic (exact) mass is 303 g/mol. The van der Waals surface area contributed by atoms with Gasteiger partial charge in [-0.15, -0.1) is 0 Å². The fraction of sp³-hybridized carbons (Fsp3) is 0.214. The number of nitrogens with one attached hydrogen (secondary N) is 1. The molecule has 3 rings (SSSR count). The largest absolute Gasteiger partial charge is 0.387 e. The van der Waals surface area contributed by atoms with Gasteiger partial charge in [0, 0.05) is 0 Å². The van der Waals surface area contributed by atoms with Gasteiger partial charge in [-0.2, -0.15) is 0 Å². The topological polar surface area (TPSA) is 117 Å². The molecule has 0 unspecified atom stereocenters. The predicted molar refractivity (Wildman–Crippen MR) is 75.8 cm³/mol. The van der Waals surface area contributed by atoms with Crippen LogP contribution in [0.1, 0.15) is 6.04 Å². The molecule has 114 valence electrons. The molecule has 2 aromatic rings. The van der Waals surface area contributed by atoms with Gasteiger partial charge in [-0.3, -0.25) is 4.79 Å². The van der Waals surface area contributed by atoms with Gasteiger partial charge in [0.25, 0.3) is 0 Å². The summed E-state index contributed by atoms with van der Waals surface area (Å²) in [5.41, 5.74) is -1.01. The highest BCUT2D eigenvalue weighted by Gasteiger charge is 2.35. The van der Waals surface area contributed by atoms with Crippen LogP contribution >= 0.6 is 0 Å². The standard InChI is InChI=1S/C14H13N3O5/c18-10-7-6-9(11(19)12(10)20)17-14(22)16(13(21)15-17)8-4-2-1-3-5-8/h1-7,9,11-12,19-20H,(H,15,21)/t9-,11-,12+/m0/s1. The van der Waals surface area contributed by atoms with Crippen molar-refractivity contribution in [1.29, 1.82) is 0 Å². The molecule has 1 heterocycles. The van der Waals surface area contributed by atoms with E-state index in [1.54, 1.807) is 30.3 Å². The van der Waals surface area contributed by atoms with Crippen molar-refractivity contribution in [1.82, 2.24) is 14.3 Å². The van der Waals surface area contributed by atoms with Gasteiger partial charge in [0.05, 0.1) is 5.69 Å². The van der Waals surface area contributed by atoms with Gasteiger partial charge < -0.3 is 10.2 Å². The molecule has 1 aromatic heterocycles. The number of aliphatic hydroxyl groups excluding tert-OH is 2. The second kappa shape index (κ2) is 5.24. The van der Waals surface area contributed by atoms with Crippen molar-refractivity contribution in [2.75, 3.05) is 0 Å². The molecule has 3 atom stereocenters. The summed E-state index contributed by atoms with van der Waals surface area (Å²) in [5.74, 6) is -0.651. The Bertz CT molecular complexity index is 845. The summed E-state index contributed by atoms with van der Waals surface area (Å²) in [5, 5.41) is 21.9. The van der Waals surface area contributed by atoms with E-state index in [0.29, 0.717) is 5.69 Å². The third-order valence-corrected chi connectivity index (χ3v) is 3.55. The van der Waals surface area contributed by atoms with Crippen molar-refractivity contribution < 1.29 is 15.0 Å². The number of hydrogen-bond acceptors (Lipinski definition) is 5. The fourth-order valence-electron chi connectivity index (χ4n) is 2.40. The van der Waals surface area contributed by atoms with Crippen molar-refractivity contribution in [2.24, 2.45) is 0 Å². The Morgan fingerprint density at radius 3 is 2.41 bits per heavy atom. The van der Waals surface area contributed by atoms with Gasteiger partial charge in [-0.25, -0.2) is 23.9 Å². The van der Waals surface area contributed by atoms with Crippen LogP contribution in [0.5, 0.6) is 0 Å². The van der Waals surface area contributed by atoms with Crippen LogP contribution in [0.4, 0.5) is 0 Å². The third-order valence-electron chi connectivity index (χ3n) is 3.55. The molecule has 22 heavy (non-hydrogen) atoms. The Morgan fingerprint density at radius 1 is 1.05 bits per heavy atom. The fourth-order valence-corrected chi connectivity index (χ4v) is 2.40. The summed E-state index contributed by atoms with van der Waals surface area (Å²) in [6.07, 6.45) is -0.804. The molecule has 0 radical (unpaired) electrons. The van der Waals surface area contributed by atoms with E-state index in [1.165, 1.54) is 6.08 Å². The minimum atomic E-state index is -1.63. The van der Waals surface area contributed by atoms with Crippen LogP contribution in [-0.4, -0.2) is 42.6 Å². The van der Waals surface area contributed by atoms with E-state index in [9.17, 15) is 24.6 Å². The Hall–Kier alpha value is -2.71. The number of carbonyl (C=O) groups excluding carboxylic acids is 1. The van der Waals surface area contributed by atoms with Crippen LogP contribution in [-0.2, 0) is 4.79 Å². The van der Waals surface area contributed by atoms with Crippen LogP contribution < -0.4 is 11.4 Å². The molecule has 0 aliphatic heterocycles. The van der Waals surface area contributed by atoms with Gasteiger partial charge in [-0.05, 0) is 18.2 Å². The number of ketones is 1. The molecule has 0 saturated heterocycles. The zero-order valence-corrected chi connectivity index (χ0v) is 11.3. The molecular formula is C14H13N3O5. The van der Waals surface area contributed by atoms with Crippen LogP contribution in [0.15, 0.2) is 52.1 Å². The highest BCUT2D eigenvalue weighted by molar-refractivity contribution is 5.94. The van der Waals surface area contributed by atoms with Gasteiger partial charge in [0.15, 0.2) is 5.78 Å². The maximum Gasteiger partial charge on any atom is 0.352 e. The van der Waals surface area contributed by atoms with E-state index in [4.69, 9.17) is 0 Å². The van der Waals surface area contributed by atoms with E-state index >= 15 is 0 Å². The first-order valence-electron chi connectivity index (χ1n) is 6.58. The summed E-state index contributed by atoms with van der Waals surface area (Å²) in [4.78, 5) is 35.7. The van der Waals surface area contributed by atoms with Crippen molar-refractivity contribution >= 4 is 5.78 Å². The number of para-hydroxylation sites is 1. The Morgan fingerprint density at radius 2 is 1.73 bits per heavy atom. The molecule has 0 spiro atoms. The molecule has 0 saturated carbocycles. The number of hydrogen-bond donors (Lipinski definition) is 3. The molecule has 0 fully saturated rings. The molecule has 1 aromatic carbocycles. The predicted octanol–water partition coefficient (Wildman–Crippen LogP) is -1.27. The first-order chi connectivity index (χ1) is 10.5. The van der Waals surface area contributed by atoms with Crippen molar-refractivity contribution in [3.8, 4) is 5.69 Å². The van der Waals surface area contributed by atoms with Crippen LogP contribution in [0.25, 0.3) is 5.69 Å². The molecule has 3 N–H and O–H groups in total. The van der Waals surface area contributed by atoms with Crippen molar-refractivity contribution in [2.45, 2.75) is 18.2 Å². The van der Waals surface area contributed by atoms with Crippen molar-refractivity contribution in [3.05, 3.63) is 63.5 Å². The van der Waals surface area contributed by atoms with Gasteiger partial charge in [0.1, 0.15) is 18.2 Å². The van der Waals surface area contributed by atoms with Crippen LogP contribution in [0.3, 0.4) is 0 Å². The average Bonchev–Trinajstić information content (AvgIpc) is 2.81. The quantitative estimate of drug-likeness (QED) is 0.639. The summed E-state index contributed by atoms with van der Waals surface area (Å²) in [7, 11) is 0. The minimum absolute atomic E-state index is 0.374. The molecule has 8 heteroatoms. The lowest BCUT2D eigenvalue weighted by Crippen LogP contribution is -2.44. The summed E-state index contributed by atoms with van der Waals surface area (Å²) in [6.45, 7) is 0. The number of benzene rings is 1. The highest BCUT2D eigenvalue weighted by Crippen LogP contribution is 2.19. The van der Waals surface area contributed by atoms with Gasteiger partial charge in [0.2, 0.25) is 0 Å². The minimum Gasteiger partial charge on any atom is -0.387 e. The number of aromatic amines is 1. The Balaban J connectivity index is 2.12. The first kappa shape index (κ1) is 14.2. The maximum absolute atomic E-state index is 12.4. The number of rotatable bonds is 2. The van der Waals surface area contributed by atoms with E-state index in [1.807, 2.05) is 0 Å². The van der Waals surface area contributed by atoms with Crippen LogP contribution in [0, 0.1) is 0 Å². The lowest BCUT2D eigenvalue weighted by Gasteiger charge is -2.26. The number of carbonyl (C=O) groups is 1. The third kappa shape index (κ3) is 2.14. The molecule has 0 amide bonds. The molecule has 1 aliphatic rings. The Kier molecular flexibility index (Phi) is 3.39. The van der Waals surface area contributed by atoms with E-state index in [-0.39, 0.29) is 0 Å². The second-order valence-corrected chi connectivity index (χ2v) is 4.93. The summed E-state index contributed by atoms with van der Waals surface area (Å²) in [6, 6.07) is 7.25. The van der Waals surface area contributed by atoms with E-state index in [0.717, 1.165) is 15.3 Å². The summed E-state index contributed by atoms with van der Waals surface area (Å²) >= 11 is 0. The zero-order valence-electron chi connectivity index (χ0n) is 11.3. The number of nitrogens with zero attached hydrogens (tertiary/aromatic N) is 2. The zero-order chi connectivity index (χ0) is 15.9. The lowest BCUT2D eigenvalue weighted by molar-refractivity contribution is -0.130. The van der Waals surface area contributed by atoms with Gasteiger partial charge >= 0.3 is 11.4 Å². The molecule has 1 aliphatic carbocycles. The molecular weight excluding hydrogens is 290 g/mol. The second-order valence-electron chi connectivity index (χ2n) is 4.93. The lowest BCUT2D eigenvalue weighted by atomic mass is 9.96. The SMILES string of the molecule is O=C1C=C[C@H](n2[nH]c(=O)n(-c3ccccc3)c2=O)[C@H](O)[C@@H]1O. The maximum atomic E-state index is 12.4. The van der Waals surface area contributed by atoms with Crippen molar-refractivity contribution in [3.63, 3.8) is 0 Å². The van der Waals surface area contributed by atoms with Gasteiger partial charge in [-0.1, -0.05) is 24.3 Å². The number of aromatic nitrogens is 3. The molecule has 0 bridgehead atoms. The Labute approximate surface area is 123 Å². The van der Waals surface area contributed by atoms with Crippen LogP contribution in [0.2, 0.25) is 0 Å². The molecule has 8 nitrogen and oxygen atoms in total. The first-order valence-corrected chi connectivity index (χ1v) is 6.58. The number of H-pyrrole nitrogens is 1. The smallest absolute Gasteiger partial charge is 0.352 e. The normalized spacial score (nSPS) is 24.6. The average molecular weight is 303 g/mol. The summed E-state index contributed by atoms with van der Waals surface area (Å²) < 4.78 is 1.80. The highest BCUT2D eigenvalue weighted by atomic mass is 16.3.